The highest BCUT2D eigenvalue weighted by atomic mass is 19.4. The number of aliphatic carboxylic acids is 3. The van der Waals surface area contributed by atoms with Gasteiger partial charge in [0.2, 0.25) is 0 Å². The van der Waals surface area contributed by atoms with Gasteiger partial charge in [-0.3, -0.25) is 14.8 Å². The molecule has 1 aromatic rings. The maximum Gasteiger partial charge on any atom is 0.490 e. The van der Waals surface area contributed by atoms with Gasteiger partial charge < -0.3 is 24.8 Å². The minimum absolute atomic E-state index is 0.262. The van der Waals surface area contributed by atoms with Crippen molar-refractivity contribution in [3.63, 3.8) is 0 Å². The van der Waals surface area contributed by atoms with E-state index in [0.29, 0.717) is 11.8 Å². The van der Waals surface area contributed by atoms with Crippen molar-refractivity contribution in [3.05, 3.63) is 30.1 Å². The molecule has 20 heteroatoms. The molecule has 4 rings (SSSR count). The largest absolute Gasteiger partial charge is 0.490 e. The molecular weight excluding hydrogens is 653 g/mol. The summed E-state index contributed by atoms with van der Waals surface area (Å²) in [7, 11) is 0. The summed E-state index contributed by atoms with van der Waals surface area (Å²) in [6.45, 7) is 12.7. The quantitative estimate of drug-likeness (QED) is 0.397. The van der Waals surface area contributed by atoms with Crippen LogP contribution in [0.5, 0.6) is 0 Å². The first-order chi connectivity index (χ1) is 21.1. The summed E-state index contributed by atoms with van der Waals surface area (Å²) in [6.07, 6.45) is -10.2. The van der Waals surface area contributed by atoms with Crippen LogP contribution in [-0.4, -0.2) is 126 Å². The van der Waals surface area contributed by atoms with Crippen LogP contribution in [0.4, 0.5) is 39.5 Å². The third-order valence-electron chi connectivity index (χ3n) is 6.99. The van der Waals surface area contributed by atoms with Gasteiger partial charge in [0.05, 0.1) is 19.8 Å². The number of ether oxygens (including phenoxy) is 2. The van der Waals surface area contributed by atoms with Gasteiger partial charge in [-0.25, -0.2) is 14.4 Å². The fourth-order valence-corrected chi connectivity index (χ4v) is 4.80. The Morgan fingerprint density at radius 3 is 1.85 bits per heavy atom. The molecule has 3 N–H and O–H groups in total. The molecule has 0 bridgehead atoms. The van der Waals surface area contributed by atoms with Crippen molar-refractivity contribution in [2.24, 2.45) is 17.3 Å². The second kappa shape index (κ2) is 17.6. The lowest BCUT2D eigenvalue weighted by atomic mass is 9.79. The fourth-order valence-electron chi connectivity index (χ4n) is 4.80. The van der Waals surface area contributed by atoms with Crippen LogP contribution in [0.25, 0.3) is 0 Å². The summed E-state index contributed by atoms with van der Waals surface area (Å²) >= 11 is 0. The average molecular weight is 688 g/mol. The number of nitrogens with zero attached hydrogens (tertiary/aromatic N) is 3. The molecule has 0 radical (unpaired) electrons. The Morgan fingerprint density at radius 2 is 1.41 bits per heavy atom. The van der Waals surface area contributed by atoms with E-state index in [1.807, 2.05) is 18.5 Å². The number of aromatic nitrogens is 1. The molecule has 0 saturated carbocycles. The van der Waals surface area contributed by atoms with Crippen LogP contribution >= 0.6 is 0 Å². The molecule has 1 spiro atoms. The molecule has 1 aromatic heterocycles. The average Bonchev–Trinajstić information content (AvgIpc) is 3.47. The van der Waals surface area contributed by atoms with Gasteiger partial charge in [-0.2, -0.15) is 39.5 Å². The van der Waals surface area contributed by atoms with Crippen LogP contribution in [0.3, 0.4) is 0 Å². The third kappa shape index (κ3) is 14.9. The zero-order valence-electron chi connectivity index (χ0n) is 24.4. The van der Waals surface area contributed by atoms with E-state index in [0.717, 1.165) is 59.2 Å². The number of carbonyl (C=O) groups is 3. The Balaban J connectivity index is 0.000000413. The van der Waals surface area contributed by atoms with Gasteiger partial charge in [0.1, 0.15) is 0 Å². The van der Waals surface area contributed by atoms with Gasteiger partial charge in [0, 0.05) is 63.7 Å². The van der Waals surface area contributed by atoms with E-state index in [1.54, 1.807) is 0 Å². The van der Waals surface area contributed by atoms with E-state index in [4.69, 9.17) is 39.2 Å². The number of halogens is 9. The van der Waals surface area contributed by atoms with Crippen LogP contribution in [0.15, 0.2) is 24.5 Å². The monoisotopic (exact) mass is 687 g/mol. The van der Waals surface area contributed by atoms with E-state index in [2.05, 4.69) is 27.8 Å². The maximum atomic E-state index is 10.6. The molecule has 264 valence electrons. The number of hydrogen-bond acceptors (Lipinski definition) is 8. The highest BCUT2D eigenvalue weighted by Crippen LogP contribution is 2.39. The predicted octanol–water partition coefficient (Wildman–Crippen LogP) is 3.79. The molecule has 3 atom stereocenters. The zero-order valence-corrected chi connectivity index (χ0v) is 24.4. The molecule has 3 fully saturated rings. The zero-order chi connectivity index (χ0) is 35.3. The van der Waals surface area contributed by atoms with E-state index in [-0.39, 0.29) is 5.41 Å². The van der Waals surface area contributed by atoms with Crippen molar-refractivity contribution >= 4 is 17.9 Å². The summed E-state index contributed by atoms with van der Waals surface area (Å²) in [5, 5.41) is 21.4. The molecule has 4 heterocycles. The van der Waals surface area contributed by atoms with Crippen LogP contribution in [0.2, 0.25) is 0 Å². The van der Waals surface area contributed by atoms with E-state index in [1.165, 1.54) is 18.5 Å². The number of carboxylic acids is 3. The second-order valence-corrected chi connectivity index (χ2v) is 10.7. The predicted molar refractivity (Wildman–Crippen MR) is 138 cm³/mol. The van der Waals surface area contributed by atoms with Crippen molar-refractivity contribution in [1.82, 2.24) is 14.8 Å². The molecule has 3 aliphatic rings. The number of alkyl halides is 9. The Kier molecular flexibility index (Phi) is 15.6. The van der Waals surface area contributed by atoms with Gasteiger partial charge >= 0.3 is 36.4 Å². The van der Waals surface area contributed by atoms with Gasteiger partial charge in [-0.15, -0.1) is 0 Å². The van der Waals surface area contributed by atoms with Crippen LogP contribution < -0.4 is 0 Å². The lowest BCUT2D eigenvalue weighted by Crippen LogP contribution is -2.45. The van der Waals surface area contributed by atoms with Crippen molar-refractivity contribution in [1.29, 1.82) is 0 Å². The lowest BCUT2D eigenvalue weighted by Gasteiger charge is -2.36. The molecule has 3 saturated heterocycles. The molecule has 11 nitrogen and oxygen atoms in total. The molecule has 46 heavy (non-hydrogen) atoms. The Bertz CT molecular complexity index is 1040. The highest BCUT2D eigenvalue weighted by molar-refractivity contribution is 5.73. The van der Waals surface area contributed by atoms with Crippen LogP contribution in [0.1, 0.15) is 18.9 Å². The van der Waals surface area contributed by atoms with E-state index < -0.39 is 36.4 Å². The number of hydrogen-bond donors (Lipinski definition) is 3. The third-order valence-corrected chi connectivity index (χ3v) is 6.99. The van der Waals surface area contributed by atoms with Crippen molar-refractivity contribution in [2.45, 2.75) is 38.4 Å². The number of pyridine rings is 1. The Morgan fingerprint density at radius 1 is 0.891 bits per heavy atom. The Hall–Kier alpha value is -3.23. The molecule has 0 aromatic carbocycles. The number of carboxylic acid groups (broad SMARTS) is 3. The minimum atomic E-state index is -5.08. The topological polar surface area (TPSA) is 150 Å². The van der Waals surface area contributed by atoms with Crippen LogP contribution in [0, 0.1) is 17.3 Å². The molecule has 1 unspecified atom stereocenters. The van der Waals surface area contributed by atoms with Gasteiger partial charge in [-0.05, 0) is 29.9 Å². The summed E-state index contributed by atoms with van der Waals surface area (Å²) in [5.41, 5.74) is 1.57. The second-order valence-electron chi connectivity index (χ2n) is 10.7. The van der Waals surface area contributed by atoms with Crippen molar-refractivity contribution in [2.75, 3.05) is 59.2 Å². The summed E-state index contributed by atoms with van der Waals surface area (Å²) in [5.74, 6) is -6.91. The maximum absolute atomic E-state index is 10.6. The van der Waals surface area contributed by atoms with Crippen molar-refractivity contribution in [3.8, 4) is 0 Å². The van der Waals surface area contributed by atoms with Gasteiger partial charge in [0.25, 0.3) is 0 Å². The molecule has 3 aliphatic heterocycles. The normalized spacial score (nSPS) is 24.0. The first-order valence-electron chi connectivity index (χ1n) is 13.5. The smallest absolute Gasteiger partial charge is 0.475 e. The standard InChI is InChI=1S/C20H31N3O2.3C2HF3O2/c1-17-10-23(11-18-3-2-5-21-9-18)15-20(17)14-22(6-8-25-16-20)12-19-4-7-24-13-19;3*3-2(4,5)1(6)7/h2-3,5,9,17,19H,4,6-8,10-16H2,1H3;3*(H,6,7)/t17-,19?,20-;;;/m0.../s1. The molecule has 0 amide bonds. The first-order valence-corrected chi connectivity index (χ1v) is 13.5. The molecular formula is C26H34F9N3O8. The Labute approximate surface area is 256 Å². The van der Waals surface area contributed by atoms with Crippen LogP contribution in [-0.2, 0) is 30.4 Å². The van der Waals surface area contributed by atoms with E-state index >= 15 is 0 Å². The van der Waals surface area contributed by atoms with Gasteiger partial charge in [-0.1, -0.05) is 13.0 Å². The SMILES string of the molecule is C[C@H]1CN(Cc2cccnc2)C[C@@]12COCCN(CC1CCOC1)C2.O=C(O)C(F)(F)F.O=C(O)C(F)(F)F.O=C(O)C(F)(F)F. The van der Waals surface area contributed by atoms with E-state index in [9.17, 15) is 39.5 Å². The summed E-state index contributed by atoms with van der Waals surface area (Å²) in [4.78, 5) is 36.2. The lowest BCUT2D eigenvalue weighted by molar-refractivity contribution is -0.193. The highest BCUT2D eigenvalue weighted by Gasteiger charge is 2.46. The summed E-state index contributed by atoms with van der Waals surface area (Å²) in [6, 6.07) is 4.21. The number of rotatable bonds is 4. The first kappa shape index (κ1) is 40.8. The minimum Gasteiger partial charge on any atom is -0.475 e. The van der Waals surface area contributed by atoms with Crippen molar-refractivity contribution < 1.29 is 78.7 Å². The summed E-state index contributed by atoms with van der Waals surface area (Å²) < 4.78 is 107. The fraction of sp³-hybridized carbons (Fsp3) is 0.692. The molecule has 0 aliphatic carbocycles. The number of likely N-dealkylation sites (tertiary alicyclic amines) is 1. The van der Waals surface area contributed by atoms with Gasteiger partial charge in [0.15, 0.2) is 0 Å².